The van der Waals surface area contributed by atoms with E-state index >= 15 is 0 Å². The number of carbonyl (C=O) groups excluding carboxylic acids is 1. The lowest BCUT2D eigenvalue weighted by Crippen LogP contribution is -2.49. The lowest BCUT2D eigenvalue weighted by Gasteiger charge is -2.57. The van der Waals surface area contributed by atoms with Crippen LogP contribution in [0.4, 0.5) is 0 Å². The Kier molecular flexibility index (Phi) is 9.33. The number of hydrogen-bond acceptors (Lipinski definition) is 2. The van der Waals surface area contributed by atoms with E-state index in [1.807, 2.05) is 0 Å². The zero-order valence-corrected chi connectivity index (χ0v) is 25.6. The number of aliphatic hydroxyl groups is 1. The van der Waals surface area contributed by atoms with Crippen LogP contribution in [-0.2, 0) is 0 Å². The Morgan fingerprint density at radius 1 is 0.974 bits per heavy atom. The van der Waals surface area contributed by atoms with E-state index in [4.69, 9.17) is 0 Å². The third-order valence-electron chi connectivity index (χ3n) is 11.6. The number of ketones is 1. The molecule has 0 spiro atoms. The summed E-state index contributed by atoms with van der Waals surface area (Å²) in [5, 5.41) is 9.82. The van der Waals surface area contributed by atoms with E-state index in [-0.39, 0.29) is 17.8 Å². The summed E-state index contributed by atoms with van der Waals surface area (Å²) in [6.45, 7) is 16.8. The van der Waals surface area contributed by atoms with Crippen LogP contribution < -0.4 is 0 Å². The first-order valence-corrected chi connectivity index (χ1v) is 15.9. The van der Waals surface area contributed by atoms with Crippen LogP contribution in [0.1, 0.15) is 127 Å². The van der Waals surface area contributed by atoms with Crippen molar-refractivity contribution in [3.63, 3.8) is 0 Å². The predicted molar refractivity (Wildman–Crippen MR) is 160 cm³/mol. The zero-order valence-electron chi connectivity index (χ0n) is 25.6. The Hall–Kier alpha value is -1.41. The first kappa shape index (κ1) is 29.6. The SMILES string of the molecule is Cc1cc(C)cc(C(=O)CC2=CCC3C(CCC4(C)C(C(C)CCCC(C)C)CCC34)C2(C)CCCO)c1. The van der Waals surface area contributed by atoms with Crippen LogP contribution in [0.25, 0.3) is 0 Å². The maximum absolute atomic E-state index is 13.5. The van der Waals surface area contributed by atoms with Gasteiger partial charge in [0.05, 0.1) is 0 Å². The highest BCUT2D eigenvalue weighted by Gasteiger charge is 2.58. The topological polar surface area (TPSA) is 37.3 Å². The first-order valence-electron chi connectivity index (χ1n) is 15.9. The van der Waals surface area contributed by atoms with Crippen molar-refractivity contribution in [2.45, 2.75) is 119 Å². The van der Waals surface area contributed by atoms with Gasteiger partial charge in [0.1, 0.15) is 0 Å². The minimum Gasteiger partial charge on any atom is -0.396 e. The fraction of sp³-hybridized carbons (Fsp3) is 0.750. The van der Waals surface area contributed by atoms with E-state index < -0.39 is 0 Å². The zero-order chi connectivity index (χ0) is 27.7. The summed E-state index contributed by atoms with van der Waals surface area (Å²) >= 11 is 0. The molecule has 1 N–H and O–H groups in total. The number of Topliss-reactive ketones (excluding diaryl/α,β-unsaturated/α-hetero) is 1. The van der Waals surface area contributed by atoms with Crippen molar-refractivity contribution in [2.24, 2.45) is 46.3 Å². The lowest BCUT2D eigenvalue weighted by molar-refractivity contribution is -0.0476. The fourth-order valence-corrected chi connectivity index (χ4v) is 9.66. The van der Waals surface area contributed by atoms with Gasteiger partial charge in [0.2, 0.25) is 0 Å². The summed E-state index contributed by atoms with van der Waals surface area (Å²) < 4.78 is 0. The number of rotatable bonds is 11. The van der Waals surface area contributed by atoms with Gasteiger partial charge in [-0.1, -0.05) is 82.7 Å². The van der Waals surface area contributed by atoms with E-state index in [9.17, 15) is 9.90 Å². The molecule has 4 rings (SSSR count). The van der Waals surface area contributed by atoms with Crippen LogP contribution in [0.5, 0.6) is 0 Å². The Balaban J connectivity index is 1.55. The molecule has 2 saturated carbocycles. The van der Waals surface area contributed by atoms with E-state index in [2.05, 4.69) is 72.7 Å². The van der Waals surface area contributed by atoms with Crippen LogP contribution in [0.3, 0.4) is 0 Å². The van der Waals surface area contributed by atoms with Gasteiger partial charge < -0.3 is 5.11 Å². The molecule has 2 fully saturated rings. The molecule has 3 aliphatic rings. The summed E-state index contributed by atoms with van der Waals surface area (Å²) in [6, 6.07) is 6.25. The van der Waals surface area contributed by atoms with Crippen LogP contribution in [0, 0.1) is 60.2 Å². The number of fused-ring (bicyclic) bond motifs is 3. The molecule has 0 saturated heterocycles. The number of benzene rings is 1. The normalized spacial score (nSPS) is 33.6. The smallest absolute Gasteiger partial charge is 0.166 e. The molecule has 1 aromatic rings. The number of aliphatic hydroxyl groups excluding tert-OH is 1. The molecule has 2 heteroatoms. The maximum Gasteiger partial charge on any atom is 0.166 e. The number of hydrogen-bond donors (Lipinski definition) is 1. The summed E-state index contributed by atoms with van der Waals surface area (Å²) in [7, 11) is 0. The van der Waals surface area contributed by atoms with Crippen LogP contribution in [0.15, 0.2) is 29.8 Å². The highest BCUT2D eigenvalue weighted by Crippen LogP contribution is 2.66. The van der Waals surface area contributed by atoms with Gasteiger partial charge in [-0.25, -0.2) is 0 Å². The molecular formula is C36H56O2. The molecule has 0 aliphatic heterocycles. The molecule has 0 amide bonds. The largest absolute Gasteiger partial charge is 0.396 e. The van der Waals surface area contributed by atoms with Crippen LogP contribution in [-0.4, -0.2) is 17.5 Å². The molecule has 38 heavy (non-hydrogen) atoms. The quantitative estimate of drug-likeness (QED) is 0.233. The molecule has 7 unspecified atom stereocenters. The molecule has 1 aromatic carbocycles. The second-order valence-corrected chi connectivity index (χ2v) is 14.6. The van der Waals surface area contributed by atoms with Crippen molar-refractivity contribution in [3.05, 3.63) is 46.5 Å². The van der Waals surface area contributed by atoms with Gasteiger partial charge in [0.15, 0.2) is 5.78 Å². The molecule has 0 heterocycles. The first-order chi connectivity index (χ1) is 18.0. The molecule has 3 aliphatic carbocycles. The van der Waals surface area contributed by atoms with Gasteiger partial charge in [-0.2, -0.15) is 0 Å². The highest BCUT2D eigenvalue weighted by atomic mass is 16.2. The molecule has 0 bridgehead atoms. The Morgan fingerprint density at radius 2 is 1.68 bits per heavy atom. The van der Waals surface area contributed by atoms with E-state index in [0.29, 0.717) is 17.8 Å². The van der Waals surface area contributed by atoms with Gasteiger partial charge in [-0.05, 0) is 117 Å². The maximum atomic E-state index is 13.5. The number of allylic oxidation sites excluding steroid dienone is 2. The second-order valence-electron chi connectivity index (χ2n) is 14.6. The standard InChI is InChI=1S/C36H56O2/c1-24(2)10-8-11-27(5)31-14-15-32-30-13-12-29(23-34(38)28-21-25(3)20-26(4)22-28)35(6,17-9-19-37)33(30)16-18-36(31,32)7/h12,20-22,24,27,30-33,37H,8-11,13-19,23H2,1-7H3. The van der Waals surface area contributed by atoms with Crippen molar-refractivity contribution in [2.75, 3.05) is 6.61 Å². The van der Waals surface area contributed by atoms with Gasteiger partial charge in [-0.3, -0.25) is 4.79 Å². The van der Waals surface area contributed by atoms with Crippen molar-refractivity contribution < 1.29 is 9.90 Å². The van der Waals surface area contributed by atoms with Crippen molar-refractivity contribution >= 4 is 5.78 Å². The highest BCUT2D eigenvalue weighted by molar-refractivity contribution is 5.98. The Morgan fingerprint density at radius 3 is 2.34 bits per heavy atom. The summed E-state index contributed by atoms with van der Waals surface area (Å²) in [4.78, 5) is 13.5. The summed E-state index contributed by atoms with van der Waals surface area (Å²) in [5.41, 5.74) is 5.02. The van der Waals surface area contributed by atoms with Gasteiger partial charge in [0.25, 0.3) is 0 Å². The molecule has 0 radical (unpaired) electrons. The predicted octanol–water partition coefficient (Wildman–Crippen LogP) is 9.51. The average Bonchev–Trinajstić information content (AvgIpc) is 3.21. The minimum atomic E-state index is 0.0163. The summed E-state index contributed by atoms with van der Waals surface area (Å²) in [5.74, 6) is 4.92. The minimum absolute atomic E-state index is 0.0163. The fourth-order valence-electron chi connectivity index (χ4n) is 9.66. The van der Waals surface area contributed by atoms with Crippen molar-refractivity contribution in [3.8, 4) is 0 Å². The number of carbonyl (C=O) groups is 1. The summed E-state index contributed by atoms with van der Waals surface area (Å²) in [6.07, 6.45) is 15.5. The van der Waals surface area contributed by atoms with Gasteiger partial charge in [0, 0.05) is 18.6 Å². The van der Waals surface area contributed by atoms with E-state index in [0.717, 1.165) is 65.5 Å². The van der Waals surface area contributed by atoms with Gasteiger partial charge >= 0.3 is 0 Å². The third-order valence-corrected chi connectivity index (χ3v) is 11.6. The third kappa shape index (κ3) is 5.86. The Bertz CT molecular complexity index is 984. The van der Waals surface area contributed by atoms with Crippen molar-refractivity contribution in [1.29, 1.82) is 0 Å². The number of aryl methyl sites for hydroxylation is 2. The molecule has 2 nitrogen and oxygen atoms in total. The second kappa shape index (κ2) is 12.0. The molecular weight excluding hydrogens is 464 g/mol. The van der Waals surface area contributed by atoms with E-state index in [1.54, 1.807) is 0 Å². The van der Waals surface area contributed by atoms with Crippen LogP contribution in [0.2, 0.25) is 0 Å². The molecule has 212 valence electrons. The van der Waals surface area contributed by atoms with Gasteiger partial charge in [-0.15, -0.1) is 0 Å². The Labute approximate surface area is 234 Å². The molecule has 7 atom stereocenters. The van der Waals surface area contributed by atoms with E-state index in [1.165, 1.54) is 50.5 Å². The molecule has 0 aromatic heterocycles. The monoisotopic (exact) mass is 520 g/mol. The average molecular weight is 521 g/mol. The lowest BCUT2D eigenvalue weighted by atomic mass is 9.48. The van der Waals surface area contributed by atoms with Crippen molar-refractivity contribution in [1.82, 2.24) is 0 Å². The van der Waals surface area contributed by atoms with Crippen LogP contribution >= 0.6 is 0 Å².